The molecule has 0 aromatic rings. The minimum atomic E-state index is -0.383. The first-order valence-electron chi connectivity index (χ1n) is 16.7. The maximum Gasteiger partial charge on any atom is 0.306 e. The second kappa shape index (κ2) is 32.4. The monoisotopic (exact) mass is 630 g/mol. The van der Waals surface area contributed by atoms with E-state index in [9.17, 15) is 9.59 Å². The highest BCUT2D eigenvalue weighted by molar-refractivity contribution is 5.75. The molecule has 0 heterocycles. The average molecular weight is 631 g/mol. The van der Waals surface area contributed by atoms with E-state index in [2.05, 4.69) is 15.3 Å². The van der Waals surface area contributed by atoms with Gasteiger partial charge in [-0.05, 0) is 39.1 Å². The summed E-state index contributed by atoms with van der Waals surface area (Å²) in [6, 6.07) is 0. The Kier molecular flexibility index (Phi) is 31.0. The van der Waals surface area contributed by atoms with Gasteiger partial charge in [-0.15, -0.1) is 0 Å². The third kappa shape index (κ3) is 36.2. The molecule has 0 aliphatic heterocycles. The molecule has 1 N–H and O–H groups in total. The lowest BCUT2D eigenvalue weighted by Crippen LogP contribution is -2.27. The maximum atomic E-state index is 12.0. The largest absolute Gasteiger partial charge is 0.460 e. The Balaban J connectivity index is 3.22. The number of rotatable bonds is 33. The van der Waals surface area contributed by atoms with Crippen molar-refractivity contribution < 1.29 is 38.0 Å². The molecule has 0 fully saturated rings. The van der Waals surface area contributed by atoms with E-state index in [-0.39, 0.29) is 17.5 Å². The Morgan fingerprint density at radius 1 is 0.591 bits per heavy atom. The number of carbonyl (C=O) groups is 2. The molecule has 0 bridgehead atoms. The van der Waals surface area contributed by atoms with Crippen molar-refractivity contribution >= 4 is 11.9 Å². The fourth-order valence-corrected chi connectivity index (χ4v) is 4.20. The van der Waals surface area contributed by atoms with Gasteiger partial charge in [0.15, 0.2) is 0 Å². The van der Waals surface area contributed by atoms with E-state index in [4.69, 9.17) is 34.0 Å². The van der Waals surface area contributed by atoms with Gasteiger partial charge in [0.2, 0.25) is 5.91 Å². The van der Waals surface area contributed by atoms with E-state index >= 15 is 0 Å². The second-order valence-electron chi connectivity index (χ2n) is 11.7. The van der Waals surface area contributed by atoms with Gasteiger partial charge in [-0.2, -0.15) is 0 Å². The van der Waals surface area contributed by atoms with Crippen molar-refractivity contribution in [1.29, 1.82) is 0 Å². The van der Waals surface area contributed by atoms with Crippen LogP contribution in [-0.2, 0) is 38.0 Å². The first kappa shape index (κ1) is 42.0. The van der Waals surface area contributed by atoms with E-state index in [1.807, 2.05) is 20.8 Å². The van der Waals surface area contributed by atoms with Crippen LogP contribution < -0.4 is 5.32 Å². The number of azide groups is 1. The first-order chi connectivity index (χ1) is 21.3. The molecule has 0 saturated heterocycles. The summed E-state index contributed by atoms with van der Waals surface area (Å²) in [5, 5.41) is 6.28. The highest BCUT2D eigenvalue weighted by atomic mass is 16.6. The summed E-state index contributed by atoms with van der Waals surface area (Å²) in [5.41, 5.74) is 7.76. The third-order valence-electron chi connectivity index (χ3n) is 6.41. The second-order valence-corrected chi connectivity index (χ2v) is 11.7. The normalized spacial score (nSPS) is 11.3. The summed E-state index contributed by atoms with van der Waals surface area (Å²) in [6.45, 7) is 11.3. The van der Waals surface area contributed by atoms with Crippen LogP contribution in [0.3, 0.4) is 0 Å². The van der Waals surface area contributed by atoms with Gasteiger partial charge in [0.25, 0.3) is 0 Å². The standard InChI is InChI=1S/C32H62N4O8/c1-32(2,3)44-31(38)17-15-13-11-9-7-5-4-6-8-10-12-14-16-30(37)34-18-20-39-22-24-41-26-28-43-29-27-42-25-23-40-21-19-35-36-33/h4-29H2,1-3H3,(H,34,37). The molecular weight excluding hydrogens is 568 g/mol. The fourth-order valence-electron chi connectivity index (χ4n) is 4.20. The molecule has 44 heavy (non-hydrogen) atoms. The molecule has 12 nitrogen and oxygen atoms in total. The first-order valence-corrected chi connectivity index (χ1v) is 16.7. The number of esters is 1. The zero-order valence-electron chi connectivity index (χ0n) is 28.0. The van der Waals surface area contributed by atoms with Crippen molar-refractivity contribution in [1.82, 2.24) is 5.32 Å². The molecule has 0 aliphatic carbocycles. The number of amides is 1. The van der Waals surface area contributed by atoms with Crippen LogP contribution in [0.15, 0.2) is 5.11 Å². The van der Waals surface area contributed by atoms with E-state index < -0.39 is 0 Å². The Labute approximate surface area is 266 Å². The summed E-state index contributed by atoms with van der Waals surface area (Å²) < 4.78 is 32.3. The molecule has 0 radical (unpaired) electrons. The number of hydrogen-bond acceptors (Lipinski definition) is 9. The topological polar surface area (TPSA) is 150 Å². The number of nitrogens with one attached hydrogen (secondary N) is 1. The number of ether oxygens (including phenoxy) is 6. The molecule has 0 aromatic heterocycles. The van der Waals surface area contributed by atoms with Crippen molar-refractivity contribution in [3.05, 3.63) is 10.4 Å². The molecule has 0 spiro atoms. The Morgan fingerprint density at radius 3 is 1.41 bits per heavy atom. The number of nitrogens with zero attached hydrogens (tertiary/aromatic N) is 3. The van der Waals surface area contributed by atoms with Gasteiger partial charge in [0.05, 0.1) is 66.1 Å². The van der Waals surface area contributed by atoms with Crippen LogP contribution in [0.1, 0.15) is 111 Å². The molecule has 0 unspecified atom stereocenters. The van der Waals surface area contributed by atoms with E-state index in [0.29, 0.717) is 92.0 Å². The molecule has 0 saturated carbocycles. The molecular formula is C32H62N4O8. The lowest BCUT2D eigenvalue weighted by Gasteiger charge is -2.19. The van der Waals surface area contributed by atoms with Crippen molar-refractivity contribution in [2.24, 2.45) is 5.11 Å². The van der Waals surface area contributed by atoms with Gasteiger partial charge < -0.3 is 33.7 Å². The smallest absolute Gasteiger partial charge is 0.306 e. The Hall–Kier alpha value is -1.95. The fraction of sp³-hybridized carbons (Fsp3) is 0.938. The molecule has 0 aliphatic rings. The Bertz CT molecular complexity index is 715. The Morgan fingerprint density at radius 2 is 0.977 bits per heavy atom. The minimum absolute atomic E-state index is 0.0825. The summed E-state index contributed by atoms with van der Waals surface area (Å²) in [7, 11) is 0. The molecule has 0 aromatic carbocycles. The summed E-state index contributed by atoms with van der Waals surface area (Å²) in [6.07, 6.45) is 15.2. The SMILES string of the molecule is CC(C)(C)OC(=O)CCCCCCCCCCCCCCC(=O)NCCOCCOCCOCCOCCOCCN=[N+]=[N-]. The van der Waals surface area contributed by atoms with Crippen molar-refractivity contribution in [2.45, 2.75) is 116 Å². The van der Waals surface area contributed by atoms with Gasteiger partial charge in [-0.25, -0.2) is 0 Å². The van der Waals surface area contributed by atoms with Crippen LogP contribution in [0.5, 0.6) is 0 Å². The van der Waals surface area contributed by atoms with Crippen LogP contribution in [0.4, 0.5) is 0 Å². The minimum Gasteiger partial charge on any atom is -0.460 e. The highest BCUT2D eigenvalue weighted by Gasteiger charge is 2.15. The third-order valence-corrected chi connectivity index (χ3v) is 6.41. The van der Waals surface area contributed by atoms with Crippen LogP contribution in [0, 0.1) is 0 Å². The average Bonchev–Trinajstić information content (AvgIpc) is 2.97. The van der Waals surface area contributed by atoms with Gasteiger partial charge in [-0.3, -0.25) is 9.59 Å². The molecule has 12 heteroatoms. The number of hydrogen-bond donors (Lipinski definition) is 1. The van der Waals surface area contributed by atoms with Crippen LogP contribution in [0.2, 0.25) is 0 Å². The summed E-state index contributed by atoms with van der Waals surface area (Å²) in [4.78, 5) is 26.3. The van der Waals surface area contributed by atoms with E-state index in [0.717, 1.165) is 25.7 Å². The lowest BCUT2D eigenvalue weighted by molar-refractivity contribution is -0.154. The molecule has 258 valence electrons. The summed E-state index contributed by atoms with van der Waals surface area (Å²) in [5.74, 6) is 0.0101. The van der Waals surface area contributed by atoms with Gasteiger partial charge in [0, 0.05) is 30.8 Å². The van der Waals surface area contributed by atoms with Crippen molar-refractivity contribution in [2.75, 3.05) is 79.2 Å². The van der Waals surface area contributed by atoms with Crippen LogP contribution in [0.25, 0.3) is 10.4 Å². The summed E-state index contributed by atoms with van der Waals surface area (Å²) >= 11 is 0. The van der Waals surface area contributed by atoms with Gasteiger partial charge in [-0.1, -0.05) is 69.3 Å². The lowest BCUT2D eigenvalue weighted by atomic mass is 10.0. The molecule has 0 rings (SSSR count). The predicted octanol–water partition coefficient (Wildman–Crippen LogP) is 6.30. The van der Waals surface area contributed by atoms with Gasteiger partial charge in [0.1, 0.15) is 5.60 Å². The van der Waals surface area contributed by atoms with Crippen molar-refractivity contribution in [3.63, 3.8) is 0 Å². The van der Waals surface area contributed by atoms with Crippen LogP contribution >= 0.6 is 0 Å². The molecule has 1 amide bonds. The zero-order valence-corrected chi connectivity index (χ0v) is 28.0. The number of unbranched alkanes of at least 4 members (excludes halogenated alkanes) is 11. The quantitative estimate of drug-likeness (QED) is 0.0292. The van der Waals surface area contributed by atoms with Crippen molar-refractivity contribution in [3.8, 4) is 0 Å². The molecule has 0 atom stereocenters. The predicted molar refractivity (Wildman–Crippen MR) is 172 cm³/mol. The number of carbonyl (C=O) groups excluding carboxylic acids is 2. The van der Waals surface area contributed by atoms with E-state index in [1.54, 1.807) is 0 Å². The van der Waals surface area contributed by atoms with Crippen LogP contribution in [-0.4, -0.2) is 96.6 Å². The maximum absolute atomic E-state index is 12.0. The van der Waals surface area contributed by atoms with Gasteiger partial charge >= 0.3 is 5.97 Å². The highest BCUT2D eigenvalue weighted by Crippen LogP contribution is 2.14. The zero-order chi connectivity index (χ0) is 32.4. The van der Waals surface area contributed by atoms with E-state index in [1.165, 1.54) is 51.4 Å².